The summed E-state index contributed by atoms with van der Waals surface area (Å²) in [5.41, 5.74) is 3.15. The lowest BCUT2D eigenvalue weighted by atomic mass is 10.0. The van der Waals surface area contributed by atoms with Crippen molar-refractivity contribution in [3.63, 3.8) is 0 Å². The molecule has 3 aromatic rings. The Morgan fingerprint density at radius 1 is 1.13 bits per heavy atom. The van der Waals surface area contributed by atoms with Gasteiger partial charge >= 0.3 is 12.0 Å². The highest BCUT2D eigenvalue weighted by Crippen LogP contribution is 2.39. The Labute approximate surface area is 224 Å². The van der Waals surface area contributed by atoms with Gasteiger partial charge in [-0.05, 0) is 40.6 Å². The minimum absolute atomic E-state index is 0.0240. The van der Waals surface area contributed by atoms with Gasteiger partial charge in [-0.15, -0.1) is 5.10 Å². The second-order valence-electron chi connectivity index (χ2n) is 8.48. The Bertz CT molecular complexity index is 1210. The highest BCUT2D eigenvalue weighted by Gasteiger charge is 2.32. The Hall–Kier alpha value is -3.52. The van der Waals surface area contributed by atoms with E-state index in [0.29, 0.717) is 23.0 Å². The van der Waals surface area contributed by atoms with E-state index in [4.69, 9.17) is 14.2 Å². The van der Waals surface area contributed by atoms with Crippen LogP contribution in [0.1, 0.15) is 42.4 Å². The monoisotopic (exact) mass is 542 g/mol. The van der Waals surface area contributed by atoms with Crippen LogP contribution in [-0.2, 0) is 32.7 Å². The summed E-state index contributed by atoms with van der Waals surface area (Å²) in [4.78, 5) is 23.5. The summed E-state index contributed by atoms with van der Waals surface area (Å²) in [5.74, 6) is 0.118. The Morgan fingerprint density at radius 3 is 2.53 bits per heavy atom. The number of urea groups is 1. The molecule has 0 radical (unpaired) electrons. The van der Waals surface area contributed by atoms with Crippen LogP contribution in [0.2, 0.25) is 0 Å². The van der Waals surface area contributed by atoms with Gasteiger partial charge in [-0.1, -0.05) is 48.2 Å². The molecule has 4 rings (SSSR count). The van der Waals surface area contributed by atoms with Crippen molar-refractivity contribution < 1.29 is 28.9 Å². The molecule has 0 spiro atoms. The normalized spacial score (nSPS) is 19.1. The first kappa shape index (κ1) is 27.5. The average molecular weight is 543 g/mol. The number of tetrazole rings is 1. The molecule has 3 atom stereocenters. The number of nitrogens with one attached hydrogen (secondary N) is 2. The third-order valence-corrected chi connectivity index (χ3v) is 6.88. The average Bonchev–Trinajstić information content (AvgIpc) is 3.35. The second-order valence-corrected chi connectivity index (χ2v) is 9.47. The number of nitrogens with zero attached hydrogens (tertiary/aromatic N) is 4. The summed E-state index contributed by atoms with van der Waals surface area (Å²) in [6, 6.07) is 14.3. The molecule has 2 heterocycles. The highest BCUT2D eigenvalue weighted by molar-refractivity contribution is 7.99. The number of hydrogen-bond acceptors (Lipinski definition) is 10. The molecule has 2 amide bonds. The van der Waals surface area contributed by atoms with Crippen LogP contribution in [0, 0.1) is 0 Å². The first-order chi connectivity index (χ1) is 18.4. The van der Waals surface area contributed by atoms with Crippen LogP contribution in [0.25, 0.3) is 0 Å². The summed E-state index contributed by atoms with van der Waals surface area (Å²) in [6.07, 6.45) is -0.380. The predicted octanol–water partition coefficient (Wildman–Crippen LogP) is 2.72. The van der Waals surface area contributed by atoms with Gasteiger partial charge in [-0.2, -0.15) is 0 Å². The number of aliphatic hydroxyl groups is 1. The van der Waals surface area contributed by atoms with Gasteiger partial charge < -0.3 is 30.0 Å². The first-order valence-electron chi connectivity index (χ1n) is 12.1. The number of ether oxygens (including phenoxy) is 3. The molecule has 1 fully saturated rings. The van der Waals surface area contributed by atoms with Crippen LogP contribution in [0.15, 0.2) is 53.7 Å². The molecule has 13 heteroatoms. The summed E-state index contributed by atoms with van der Waals surface area (Å²) >= 11 is 1.51. The molecule has 0 bridgehead atoms. The van der Waals surface area contributed by atoms with Crippen LogP contribution >= 0.6 is 11.8 Å². The molecule has 1 aliphatic rings. The van der Waals surface area contributed by atoms with Crippen molar-refractivity contribution in [1.82, 2.24) is 25.5 Å². The van der Waals surface area contributed by atoms with Crippen LogP contribution in [0.3, 0.4) is 0 Å². The minimum Gasteiger partial charge on any atom is -0.465 e. The Morgan fingerprint density at radius 2 is 1.87 bits per heavy atom. The number of thioether (sulfide) groups is 1. The van der Waals surface area contributed by atoms with E-state index in [2.05, 4.69) is 26.2 Å². The third kappa shape index (κ3) is 7.51. The maximum Gasteiger partial charge on any atom is 0.325 e. The molecule has 1 saturated heterocycles. The summed E-state index contributed by atoms with van der Waals surface area (Å²) in [6.45, 7) is 1.71. The summed E-state index contributed by atoms with van der Waals surface area (Å²) in [7, 11) is 1.79. The maximum absolute atomic E-state index is 12.1. The molecule has 0 unspecified atom stereocenters. The predicted molar refractivity (Wildman–Crippen MR) is 138 cm³/mol. The van der Waals surface area contributed by atoms with Crippen LogP contribution in [0.4, 0.5) is 10.5 Å². The molecule has 3 N–H and O–H groups in total. The second kappa shape index (κ2) is 13.3. The molecule has 38 heavy (non-hydrogen) atoms. The number of hydrogen-bond donors (Lipinski definition) is 3. The van der Waals surface area contributed by atoms with E-state index in [1.54, 1.807) is 30.8 Å². The fraction of sp³-hybridized carbons (Fsp3) is 0.400. The molecule has 202 valence electrons. The number of aromatic nitrogens is 4. The lowest BCUT2D eigenvalue weighted by molar-refractivity contribution is -0.245. The molecule has 0 aliphatic carbocycles. The van der Waals surface area contributed by atoms with Crippen LogP contribution in [0.5, 0.6) is 0 Å². The van der Waals surface area contributed by atoms with E-state index in [-0.39, 0.29) is 32.0 Å². The number of esters is 1. The quantitative estimate of drug-likeness (QED) is 0.258. The molecule has 1 aromatic heterocycles. The number of carbonyl (C=O) groups is 2. The number of anilines is 1. The number of aryl methyl sites for hydroxylation is 1. The third-order valence-electron chi connectivity index (χ3n) is 5.73. The van der Waals surface area contributed by atoms with Gasteiger partial charge in [0.05, 0.1) is 25.4 Å². The van der Waals surface area contributed by atoms with Gasteiger partial charge in [0, 0.05) is 30.5 Å². The highest BCUT2D eigenvalue weighted by atomic mass is 32.2. The Kier molecular flexibility index (Phi) is 9.65. The molecule has 12 nitrogen and oxygen atoms in total. The fourth-order valence-corrected chi connectivity index (χ4v) is 4.66. The zero-order valence-corrected chi connectivity index (χ0v) is 21.9. The zero-order valence-electron chi connectivity index (χ0n) is 21.1. The first-order valence-corrected chi connectivity index (χ1v) is 13.1. The minimum atomic E-state index is -0.638. The summed E-state index contributed by atoms with van der Waals surface area (Å²) in [5, 5.41) is 26.8. The smallest absolute Gasteiger partial charge is 0.325 e. The van der Waals surface area contributed by atoms with E-state index in [1.807, 2.05) is 36.4 Å². The van der Waals surface area contributed by atoms with Gasteiger partial charge in [-0.3, -0.25) is 4.79 Å². The van der Waals surface area contributed by atoms with Gasteiger partial charge in [-0.25, -0.2) is 9.48 Å². The van der Waals surface area contributed by atoms with E-state index in [1.165, 1.54) is 11.8 Å². The standard InChI is InChI=1S/C25H30N6O6S/c1-3-35-22(33)13-26-24(34)27-19-10-8-18(9-11-19)23-36-20(15-38-25-28-29-30-31(25)2)12-21(37-23)17-6-4-16(14-32)5-7-17/h4-11,20-21,23,32H,3,12-15H2,1-2H3,(H2,26,27,34)/t20-,21+,23+/m0/s1. The van der Waals surface area contributed by atoms with Crippen molar-refractivity contribution in [2.45, 2.75) is 43.6 Å². The van der Waals surface area contributed by atoms with Gasteiger partial charge in [0.15, 0.2) is 6.29 Å². The maximum atomic E-state index is 12.1. The molecule has 2 aromatic carbocycles. The Balaban J connectivity index is 1.43. The van der Waals surface area contributed by atoms with Crippen molar-refractivity contribution in [3.8, 4) is 0 Å². The lowest BCUT2D eigenvalue weighted by Gasteiger charge is -2.36. The van der Waals surface area contributed by atoms with E-state index >= 15 is 0 Å². The fourth-order valence-electron chi connectivity index (χ4n) is 3.80. The topological polar surface area (TPSA) is 150 Å². The van der Waals surface area contributed by atoms with Crippen molar-refractivity contribution in [2.24, 2.45) is 7.05 Å². The van der Waals surface area contributed by atoms with Gasteiger partial charge in [0.2, 0.25) is 5.16 Å². The molecule has 0 saturated carbocycles. The number of amides is 2. The van der Waals surface area contributed by atoms with Gasteiger partial charge in [0.1, 0.15) is 6.54 Å². The number of aliphatic hydroxyl groups excluding tert-OH is 1. The van der Waals surface area contributed by atoms with Crippen LogP contribution in [-0.4, -0.2) is 62.3 Å². The summed E-state index contributed by atoms with van der Waals surface area (Å²) < 4.78 is 19.1. The van der Waals surface area contributed by atoms with Crippen molar-refractivity contribution >= 4 is 29.4 Å². The molecular weight excluding hydrogens is 512 g/mol. The largest absolute Gasteiger partial charge is 0.465 e. The van der Waals surface area contributed by atoms with Gasteiger partial charge in [0.25, 0.3) is 0 Å². The van der Waals surface area contributed by atoms with Crippen LogP contribution < -0.4 is 10.6 Å². The van der Waals surface area contributed by atoms with E-state index < -0.39 is 18.3 Å². The van der Waals surface area contributed by atoms with E-state index in [9.17, 15) is 14.7 Å². The number of rotatable bonds is 10. The molecular formula is C25H30N6O6S. The van der Waals surface area contributed by atoms with E-state index in [0.717, 1.165) is 16.7 Å². The number of benzene rings is 2. The zero-order chi connectivity index (χ0) is 26.9. The molecule has 1 aliphatic heterocycles. The lowest BCUT2D eigenvalue weighted by Crippen LogP contribution is -2.34. The number of carbonyl (C=O) groups excluding carboxylic acids is 2. The van der Waals surface area contributed by atoms with Crippen molar-refractivity contribution in [1.29, 1.82) is 0 Å². The van der Waals surface area contributed by atoms with Crippen molar-refractivity contribution in [2.75, 3.05) is 24.2 Å². The SMILES string of the molecule is CCOC(=O)CNC(=O)Nc1ccc([C@@H]2O[C@H](CSc3nnnn3C)C[C@H](c3ccc(CO)cc3)O2)cc1. The van der Waals surface area contributed by atoms with Crippen molar-refractivity contribution in [3.05, 3.63) is 65.2 Å².